The fourth-order valence-electron chi connectivity index (χ4n) is 2.41. The van der Waals surface area contributed by atoms with Crippen molar-refractivity contribution in [2.75, 3.05) is 11.9 Å². The number of sulfonamides is 1. The Labute approximate surface area is 131 Å². The van der Waals surface area contributed by atoms with Crippen molar-refractivity contribution in [1.82, 2.24) is 10.0 Å². The van der Waals surface area contributed by atoms with Crippen LogP contribution in [0.4, 0.5) is 5.69 Å². The van der Waals surface area contributed by atoms with Gasteiger partial charge in [0.05, 0.1) is 4.90 Å². The van der Waals surface area contributed by atoms with Crippen LogP contribution in [0.1, 0.15) is 32.6 Å². The average Bonchev–Trinajstić information content (AvgIpc) is 2.92. The molecular weight excluding hydrogens is 306 g/mol. The van der Waals surface area contributed by atoms with E-state index >= 15 is 0 Å². The highest BCUT2D eigenvalue weighted by Crippen LogP contribution is 2.18. The molecule has 0 amide bonds. The molecule has 1 aromatic rings. The minimum Gasteiger partial charge on any atom is -0.360 e. The lowest BCUT2D eigenvalue weighted by atomic mass is 10.2. The summed E-state index contributed by atoms with van der Waals surface area (Å²) in [4.78, 5) is 0.254. The number of hydrogen-bond acceptors (Lipinski definition) is 3. The predicted molar refractivity (Wildman–Crippen MR) is 88.9 cm³/mol. The van der Waals surface area contributed by atoms with Gasteiger partial charge in [-0.3, -0.25) is 0 Å². The van der Waals surface area contributed by atoms with Gasteiger partial charge >= 0.3 is 0 Å². The average molecular weight is 327 g/mol. The Morgan fingerprint density at radius 1 is 1.24 bits per heavy atom. The van der Waals surface area contributed by atoms with Crippen molar-refractivity contribution in [2.45, 2.75) is 43.5 Å². The molecule has 0 aromatic heterocycles. The van der Waals surface area contributed by atoms with Gasteiger partial charge in [0, 0.05) is 18.3 Å². The Balaban J connectivity index is 1.94. The third kappa shape index (κ3) is 4.66. The summed E-state index contributed by atoms with van der Waals surface area (Å²) in [5, 5.41) is 6.95. The van der Waals surface area contributed by atoms with Crippen LogP contribution in [0, 0.1) is 0 Å². The van der Waals surface area contributed by atoms with Gasteiger partial charge in [0.25, 0.3) is 0 Å². The van der Waals surface area contributed by atoms with E-state index in [2.05, 4.69) is 15.4 Å². The molecule has 116 valence electrons. The highest BCUT2D eigenvalue weighted by Gasteiger charge is 2.16. The minimum atomic E-state index is -3.40. The first-order valence-corrected chi connectivity index (χ1v) is 9.07. The van der Waals surface area contributed by atoms with E-state index in [4.69, 9.17) is 12.2 Å². The van der Waals surface area contributed by atoms with Gasteiger partial charge in [-0.15, -0.1) is 0 Å². The van der Waals surface area contributed by atoms with E-state index in [9.17, 15) is 8.42 Å². The number of thiocarbonyl (C=S) groups is 1. The van der Waals surface area contributed by atoms with Crippen molar-refractivity contribution in [3.05, 3.63) is 24.3 Å². The Kier molecular flexibility index (Phi) is 5.55. The highest BCUT2D eigenvalue weighted by atomic mass is 32.2. The first kappa shape index (κ1) is 16.2. The van der Waals surface area contributed by atoms with Gasteiger partial charge in [-0.1, -0.05) is 19.8 Å². The maximum absolute atomic E-state index is 11.8. The van der Waals surface area contributed by atoms with E-state index in [1.54, 1.807) is 31.2 Å². The molecule has 21 heavy (non-hydrogen) atoms. The fraction of sp³-hybridized carbons (Fsp3) is 0.500. The van der Waals surface area contributed by atoms with E-state index in [1.807, 2.05) is 0 Å². The number of rotatable bonds is 5. The summed E-state index contributed by atoms with van der Waals surface area (Å²) in [5.41, 5.74) is 0.779. The number of hydrogen-bond donors (Lipinski definition) is 3. The Bertz CT molecular complexity index is 579. The van der Waals surface area contributed by atoms with Gasteiger partial charge in [0.15, 0.2) is 5.11 Å². The standard InChI is InChI=1S/C14H21N3O2S2/c1-2-15-21(18,19)13-9-7-12(8-10-13)17-14(20)16-11-5-3-4-6-11/h7-11,15H,2-6H2,1H3,(H2,16,17,20). The number of benzene rings is 1. The molecule has 7 heteroatoms. The third-order valence-corrected chi connectivity index (χ3v) is 5.23. The summed E-state index contributed by atoms with van der Waals surface area (Å²) in [5.74, 6) is 0. The lowest BCUT2D eigenvalue weighted by Gasteiger charge is -2.15. The van der Waals surface area contributed by atoms with Crippen LogP contribution in [0.3, 0.4) is 0 Å². The van der Waals surface area contributed by atoms with Gasteiger partial charge < -0.3 is 10.6 Å². The van der Waals surface area contributed by atoms with Gasteiger partial charge in [0.2, 0.25) is 10.0 Å². The SMILES string of the molecule is CCNS(=O)(=O)c1ccc(NC(=S)NC2CCCC2)cc1. The van der Waals surface area contributed by atoms with Crippen molar-refractivity contribution >= 4 is 33.0 Å². The quantitative estimate of drug-likeness (QED) is 0.724. The van der Waals surface area contributed by atoms with Crippen molar-refractivity contribution in [1.29, 1.82) is 0 Å². The van der Waals surface area contributed by atoms with Crippen molar-refractivity contribution in [2.24, 2.45) is 0 Å². The van der Waals surface area contributed by atoms with E-state index in [1.165, 1.54) is 12.8 Å². The van der Waals surface area contributed by atoms with Crippen molar-refractivity contribution in [3.8, 4) is 0 Å². The molecule has 3 N–H and O–H groups in total. The molecular formula is C14H21N3O2S2. The molecule has 1 aliphatic carbocycles. The zero-order valence-electron chi connectivity index (χ0n) is 12.1. The lowest BCUT2D eigenvalue weighted by molar-refractivity contribution is 0.584. The van der Waals surface area contributed by atoms with Crippen LogP contribution in [-0.4, -0.2) is 26.1 Å². The molecule has 1 fully saturated rings. The molecule has 0 aliphatic heterocycles. The molecule has 1 saturated carbocycles. The molecule has 0 heterocycles. The van der Waals surface area contributed by atoms with Crippen molar-refractivity contribution < 1.29 is 8.42 Å². The number of nitrogens with one attached hydrogen (secondary N) is 3. The minimum absolute atomic E-state index is 0.254. The molecule has 1 aromatic carbocycles. The zero-order chi connectivity index (χ0) is 15.3. The predicted octanol–water partition coefficient (Wildman–Crippen LogP) is 2.21. The lowest BCUT2D eigenvalue weighted by Crippen LogP contribution is -2.35. The summed E-state index contributed by atoms with van der Waals surface area (Å²) in [6.07, 6.45) is 4.80. The summed E-state index contributed by atoms with van der Waals surface area (Å²) >= 11 is 5.27. The highest BCUT2D eigenvalue weighted by molar-refractivity contribution is 7.89. The molecule has 1 aliphatic rings. The van der Waals surface area contributed by atoms with E-state index < -0.39 is 10.0 Å². The van der Waals surface area contributed by atoms with Crippen LogP contribution >= 0.6 is 12.2 Å². The molecule has 0 spiro atoms. The second-order valence-electron chi connectivity index (χ2n) is 5.11. The molecule has 0 radical (unpaired) electrons. The monoisotopic (exact) mass is 327 g/mol. The van der Waals surface area contributed by atoms with Crippen LogP contribution in [-0.2, 0) is 10.0 Å². The second-order valence-corrected chi connectivity index (χ2v) is 7.28. The van der Waals surface area contributed by atoms with Crippen LogP contribution in [0.2, 0.25) is 0 Å². The zero-order valence-corrected chi connectivity index (χ0v) is 13.7. The normalized spacial score (nSPS) is 15.9. The molecule has 0 bridgehead atoms. The molecule has 5 nitrogen and oxygen atoms in total. The van der Waals surface area contributed by atoms with Crippen LogP contribution in [0.15, 0.2) is 29.2 Å². The van der Waals surface area contributed by atoms with E-state index in [-0.39, 0.29) is 4.90 Å². The van der Waals surface area contributed by atoms with Crippen molar-refractivity contribution in [3.63, 3.8) is 0 Å². The largest absolute Gasteiger partial charge is 0.360 e. The van der Waals surface area contributed by atoms with Crippen LogP contribution < -0.4 is 15.4 Å². The van der Waals surface area contributed by atoms with Crippen LogP contribution in [0.25, 0.3) is 0 Å². The summed E-state index contributed by atoms with van der Waals surface area (Å²) in [6, 6.07) is 7.02. The first-order valence-electron chi connectivity index (χ1n) is 7.18. The van der Waals surface area contributed by atoms with Gasteiger partial charge in [-0.2, -0.15) is 0 Å². The molecule has 0 saturated heterocycles. The maximum atomic E-state index is 11.8. The topological polar surface area (TPSA) is 70.2 Å². The molecule has 2 rings (SSSR count). The molecule has 0 atom stereocenters. The maximum Gasteiger partial charge on any atom is 0.240 e. The Hall–Kier alpha value is -1.18. The van der Waals surface area contributed by atoms with Gasteiger partial charge in [-0.25, -0.2) is 13.1 Å². The summed E-state index contributed by atoms with van der Waals surface area (Å²) < 4.78 is 26.1. The number of anilines is 1. The summed E-state index contributed by atoms with van der Waals surface area (Å²) in [7, 11) is -3.40. The van der Waals surface area contributed by atoms with E-state index in [0.717, 1.165) is 18.5 Å². The third-order valence-electron chi connectivity index (χ3n) is 3.45. The van der Waals surface area contributed by atoms with Gasteiger partial charge in [0.1, 0.15) is 0 Å². The first-order chi connectivity index (χ1) is 10.0. The Morgan fingerprint density at radius 3 is 2.43 bits per heavy atom. The molecule has 0 unspecified atom stereocenters. The second kappa shape index (κ2) is 7.20. The fourth-order valence-corrected chi connectivity index (χ4v) is 3.74. The summed E-state index contributed by atoms with van der Waals surface area (Å²) in [6.45, 7) is 2.12. The van der Waals surface area contributed by atoms with Crippen LogP contribution in [0.5, 0.6) is 0 Å². The van der Waals surface area contributed by atoms with E-state index in [0.29, 0.717) is 17.7 Å². The smallest absolute Gasteiger partial charge is 0.240 e. The van der Waals surface area contributed by atoms with Gasteiger partial charge in [-0.05, 0) is 49.3 Å². The Morgan fingerprint density at radius 2 is 1.86 bits per heavy atom.